The number of fused-ring (bicyclic) bond motifs is 1. The van der Waals surface area contributed by atoms with Gasteiger partial charge >= 0.3 is 0 Å². The molecule has 0 saturated heterocycles. The summed E-state index contributed by atoms with van der Waals surface area (Å²) in [6, 6.07) is 16.5. The highest BCUT2D eigenvalue weighted by molar-refractivity contribution is 7.07. The second-order valence-electron chi connectivity index (χ2n) is 5.83. The lowest BCUT2D eigenvalue weighted by Crippen LogP contribution is -2.15. The molecule has 2 aromatic heterocycles. The lowest BCUT2D eigenvalue weighted by Gasteiger charge is -2.09. The first-order valence-electron chi connectivity index (χ1n) is 8.05. The molecule has 0 aliphatic carbocycles. The molecule has 0 spiro atoms. The van der Waals surface area contributed by atoms with Crippen LogP contribution in [-0.2, 0) is 11.2 Å². The van der Waals surface area contributed by atoms with E-state index in [0.29, 0.717) is 5.69 Å². The summed E-state index contributed by atoms with van der Waals surface area (Å²) in [6.45, 7) is 0. The number of phenolic OH excluding ortho intramolecular Hbond substituents is 1. The topological polar surface area (TPSA) is 75.1 Å². The largest absolute Gasteiger partial charge is 0.508 e. The number of benzene rings is 2. The van der Waals surface area contributed by atoms with Crippen LogP contribution in [0.3, 0.4) is 0 Å². The van der Waals surface area contributed by atoms with Crippen LogP contribution in [0.2, 0.25) is 0 Å². The molecule has 0 unspecified atom stereocenters. The predicted octanol–water partition coefficient (Wildman–Crippen LogP) is 4.25. The Balaban J connectivity index is 1.67. The van der Waals surface area contributed by atoms with Gasteiger partial charge in [0.05, 0.1) is 34.5 Å². The van der Waals surface area contributed by atoms with Gasteiger partial charge in [-0.25, -0.2) is 9.97 Å². The van der Waals surface area contributed by atoms with Gasteiger partial charge in [-0.15, -0.1) is 11.3 Å². The van der Waals surface area contributed by atoms with E-state index in [4.69, 9.17) is 4.98 Å². The molecule has 5 nitrogen and oxygen atoms in total. The molecule has 0 aliphatic heterocycles. The third kappa shape index (κ3) is 3.41. The Morgan fingerprint density at radius 3 is 2.69 bits per heavy atom. The Bertz CT molecular complexity index is 1060. The molecule has 4 rings (SSSR count). The molecule has 0 fully saturated rings. The van der Waals surface area contributed by atoms with Crippen molar-refractivity contribution in [1.29, 1.82) is 0 Å². The van der Waals surface area contributed by atoms with Crippen molar-refractivity contribution in [2.24, 2.45) is 0 Å². The van der Waals surface area contributed by atoms with Crippen molar-refractivity contribution in [3.8, 4) is 17.0 Å². The fraction of sp³-hybridized carbons (Fsp3) is 0.0500. The number of nitrogens with zero attached hydrogens (tertiary/aromatic N) is 2. The molecule has 0 bridgehead atoms. The molecule has 2 N–H and O–H groups in total. The van der Waals surface area contributed by atoms with E-state index in [2.05, 4.69) is 10.3 Å². The van der Waals surface area contributed by atoms with Gasteiger partial charge < -0.3 is 10.4 Å². The first kappa shape index (κ1) is 16.2. The zero-order valence-corrected chi connectivity index (χ0v) is 14.5. The number of pyridine rings is 1. The molecule has 2 aromatic carbocycles. The number of anilines is 1. The summed E-state index contributed by atoms with van der Waals surface area (Å²) < 4.78 is 0. The minimum atomic E-state index is -0.125. The standard InChI is InChI=1S/C20H15N3O2S/c24-16-7-4-13(5-8-16)17-9-6-14-2-1-3-18(20(14)23-17)22-19(25)10-15-11-26-12-21-15/h1-9,11-12,24H,10H2,(H,22,25). The number of aromatic hydroxyl groups is 1. The van der Waals surface area contributed by atoms with Crippen LogP contribution in [0, 0.1) is 0 Å². The summed E-state index contributed by atoms with van der Waals surface area (Å²) in [7, 11) is 0. The average Bonchev–Trinajstić information content (AvgIpc) is 3.15. The van der Waals surface area contributed by atoms with Gasteiger partial charge in [0.15, 0.2) is 0 Å². The molecular weight excluding hydrogens is 346 g/mol. The van der Waals surface area contributed by atoms with Gasteiger partial charge in [-0.1, -0.05) is 18.2 Å². The van der Waals surface area contributed by atoms with Crippen LogP contribution in [0.25, 0.3) is 22.2 Å². The number of para-hydroxylation sites is 1. The summed E-state index contributed by atoms with van der Waals surface area (Å²) in [4.78, 5) is 21.2. The molecule has 0 atom stereocenters. The van der Waals surface area contributed by atoms with E-state index in [1.165, 1.54) is 11.3 Å². The molecule has 0 radical (unpaired) electrons. The van der Waals surface area contributed by atoms with Crippen molar-refractivity contribution in [2.75, 3.05) is 5.32 Å². The van der Waals surface area contributed by atoms with E-state index in [1.807, 2.05) is 47.8 Å². The molecular formula is C20H15N3O2S. The van der Waals surface area contributed by atoms with Crippen LogP contribution in [0.4, 0.5) is 5.69 Å². The number of amides is 1. The van der Waals surface area contributed by atoms with Crippen LogP contribution >= 0.6 is 11.3 Å². The van der Waals surface area contributed by atoms with Gasteiger partial charge in [-0.3, -0.25) is 4.79 Å². The quantitative estimate of drug-likeness (QED) is 0.570. The Labute approximate surface area is 154 Å². The lowest BCUT2D eigenvalue weighted by molar-refractivity contribution is -0.115. The number of carbonyl (C=O) groups excluding carboxylic acids is 1. The highest BCUT2D eigenvalue weighted by Gasteiger charge is 2.10. The molecule has 128 valence electrons. The number of phenols is 1. The van der Waals surface area contributed by atoms with Crippen molar-refractivity contribution < 1.29 is 9.90 Å². The minimum absolute atomic E-state index is 0.125. The van der Waals surface area contributed by atoms with Crippen LogP contribution in [0.15, 0.2) is 65.5 Å². The number of rotatable bonds is 4. The average molecular weight is 361 g/mol. The van der Waals surface area contributed by atoms with E-state index >= 15 is 0 Å². The maximum absolute atomic E-state index is 12.3. The van der Waals surface area contributed by atoms with Crippen molar-refractivity contribution in [2.45, 2.75) is 6.42 Å². The zero-order chi connectivity index (χ0) is 17.9. The molecule has 4 aromatic rings. The van der Waals surface area contributed by atoms with Crippen molar-refractivity contribution in [3.05, 3.63) is 71.2 Å². The second-order valence-corrected chi connectivity index (χ2v) is 6.54. The molecule has 2 heterocycles. The fourth-order valence-corrected chi connectivity index (χ4v) is 3.28. The van der Waals surface area contributed by atoms with Crippen molar-refractivity contribution in [1.82, 2.24) is 9.97 Å². The van der Waals surface area contributed by atoms with Gasteiger partial charge in [-0.2, -0.15) is 0 Å². The highest BCUT2D eigenvalue weighted by atomic mass is 32.1. The Morgan fingerprint density at radius 1 is 1.08 bits per heavy atom. The summed E-state index contributed by atoms with van der Waals surface area (Å²) >= 11 is 1.47. The zero-order valence-electron chi connectivity index (χ0n) is 13.7. The van der Waals surface area contributed by atoms with E-state index < -0.39 is 0 Å². The van der Waals surface area contributed by atoms with Crippen molar-refractivity contribution in [3.63, 3.8) is 0 Å². The number of aromatic nitrogens is 2. The Morgan fingerprint density at radius 2 is 1.92 bits per heavy atom. The smallest absolute Gasteiger partial charge is 0.230 e. The van der Waals surface area contributed by atoms with E-state index in [-0.39, 0.29) is 18.1 Å². The number of thiazole rings is 1. The molecule has 1 amide bonds. The third-order valence-corrected chi connectivity index (χ3v) is 4.62. The number of hydrogen-bond donors (Lipinski definition) is 2. The van der Waals surface area contributed by atoms with Gasteiger partial charge in [0, 0.05) is 16.3 Å². The highest BCUT2D eigenvalue weighted by Crippen LogP contribution is 2.27. The molecule has 0 saturated carbocycles. The van der Waals surface area contributed by atoms with Crippen molar-refractivity contribution >= 4 is 33.8 Å². The Hall–Kier alpha value is -3.25. The first-order valence-corrected chi connectivity index (χ1v) is 8.99. The summed E-state index contributed by atoms with van der Waals surface area (Å²) in [5.41, 5.74) is 5.54. The predicted molar refractivity (Wildman–Crippen MR) is 103 cm³/mol. The summed E-state index contributed by atoms with van der Waals surface area (Å²) in [5, 5.41) is 15.2. The first-order chi connectivity index (χ1) is 12.7. The number of nitrogens with one attached hydrogen (secondary N) is 1. The maximum atomic E-state index is 12.3. The van der Waals surface area contributed by atoms with E-state index in [0.717, 1.165) is 27.9 Å². The Kier molecular flexibility index (Phi) is 4.33. The summed E-state index contributed by atoms with van der Waals surface area (Å²) in [5.74, 6) is 0.0877. The van der Waals surface area contributed by atoms with E-state index in [9.17, 15) is 9.90 Å². The second kappa shape index (κ2) is 6.93. The molecule has 6 heteroatoms. The normalized spacial score (nSPS) is 10.8. The van der Waals surface area contributed by atoms with Crippen LogP contribution < -0.4 is 5.32 Å². The maximum Gasteiger partial charge on any atom is 0.230 e. The molecule has 0 aliphatic rings. The van der Waals surface area contributed by atoms with Gasteiger partial charge in [0.1, 0.15) is 5.75 Å². The van der Waals surface area contributed by atoms with Crippen LogP contribution in [-0.4, -0.2) is 21.0 Å². The van der Waals surface area contributed by atoms with Gasteiger partial charge in [0.25, 0.3) is 0 Å². The lowest BCUT2D eigenvalue weighted by atomic mass is 10.1. The SMILES string of the molecule is O=C(Cc1cscn1)Nc1cccc2ccc(-c3ccc(O)cc3)nc12. The van der Waals surface area contributed by atoms with E-state index in [1.54, 1.807) is 17.6 Å². The summed E-state index contributed by atoms with van der Waals surface area (Å²) in [6.07, 6.45) is 0.234. The monoisotopic (exact) mass is 361 g/mol. The molecule has 26 heavy (non-hydrogen) atoms. The number of carbonyl (C=O) groups is 1. The third-order valence-electron chi connectivity index (χ3n) is 3.98. The van der Waals surface area contributed by atoms with Gasteiger partial charge in [-0.05, 0) is 36.4 Å². The fourth-order valence-electron chi connectivity index (χ4n) is 2.72. The minimum Gasteiger partial charge on any atom is -0.508 e. The van der Waals surface area contributed by atoms with Crippen LogP contribution in [0.1, 0.15) is 5.69 Å². The van der Waals surface area contributed by atoms with Gasteiger partial charge in [0.2, 0.25) is 5.91 Å². The van der Waals surface area contributed by atoms with Crippen LogP contribution in [0.5, 0.6) is 5.75 Å². The number of hydrogen-bond acceptors (Lipinski definition) is 5.